The SMILES string of the molecule is CC(=O)OC(COc1ccc(Cl)cc1)CN(Cc1ccccc1)Cc1ccco1. The zero-order chi connectivity index (χ0) is 20.5. The second kappa shape index (κ2) is 10.7. The molecular weight excluding hydrogens is 390 g/mol. The number of nitrogens with zero attached hydrogens (tertiary/aromatic N) is 1. The molecule has 1 aromatic heterocycles. The van der Waals surface area contributed by atoms with Gasteiger partial charge < -0.3 is 13.9 Å². The molecule has 152 valence electrons. The van der Waals surface area contributed by atoms with Crippen LogP contribution < -0.4 is 4.74 Å². The standard InChI is InChI=1S/C23H24ClNO4/c1-18(26)29-23(17-28-21-11-9-20(24)10-12-21)16-25(15-22-8-5-13-27-22)14-19-6-3-2-4-7-19/h2-13,23H,14-17H2,1H3. The molecule has 0 amide bonds. The van der Waals surface area contributed by atoms with E-state index in [1.54, 1.807) is 30.5 Å². The third-order valence-corrected chi connectivity index (χ3v) is 4.50. The maximum absolute atomic E-state index is 11.6. The molecule has 6 heteroatoms. The predicted molar refractivity (Wildman–Crippen MR) is 112 cm³/mol. The summed E-state index contributed by atoms with van der Waals surface area (Å²) in [4.78, 5) is 13.8. The van der Waals surface area contributed by atoms with Crippen LogP contribution in [0.15, 0.2) is 77.4 Å². The van der Waals surface area contributed by atoms with E-state index in [2.05, 4.69) is 17.0 Å². The number of benzene rings is 2. The van der Waals surface area contributed by atoms with Crippen LogP contribution in [0.1, 0.15) is 18.2 Å². The molecule has 1 unspecified atom stereocenters. The van der Waals surface area contributed by atoms with E-state index >= 15 is 0 Å². The maximum atomic E-state index is 11.6. The Bertz CT molecular complexity index is 866. The monoisotopic (exact) mass is 413 g/mol. The Balaban J connectivity index is 1.68. The minimum atomic E-state index is -0.429. The lowest BCUT2D eigenvalue weighted by Crippen LogP contribution is -2.37. The molecule has 2 aromatic carbocycles. The Morgan fingerprint density at radius 2 is 1.79 bits per heavy atom. The maximum Gasteiger partial charge on any atom is 0.303 e. The summed E-state index contributed by atoms with van der Waals surface area (Å²) in [5.41, 5.74) is 1.17. The van der Waals surface area contributed by atoms with Gasteiger partial charge in [-0.25, -0.2) is 0 Å². The van der Waals surface area contributed by atoms with E-state index in [0.717, 1.165) is 5.76 Å². The van der Waals surface area contributed by atoms with Gasteiger partial charge in [-0.3, -0.25) is 9.69 Å². The van der Waals surface area contributed by atoms with Crippen molar-refractivity contribution in [2.75, 3.05) is 13.2 Å². The highest BCUT2D eigenvalue weighted by Crippen LogP contribution is 2.17. The fourth-order valence-corrected chi connectivity index (χ4v) is 3.14. The van der Waals surface area contributed by atoms with Crippen molar-refractivity contribution in [1.29, 1.82) is 0 Å². The van der Waals surface area contributed by atoms with Gasteiger partial charge in [0, 0.05) is 25.0 Å². The second-order valence-electron chi connectivity index (χ2n) is 6.73. The van der Waals surface area contributed by atoms with Crippen molar-refractivity contribution in [3.8, 4) is 5.75 Å². The third kappa shape index (κ3) is 7.29. The summed E-state index contributed by atoms with van der Waals surface area (Å²) in [6.07, 6.45) is 1.23. The van der Waals surface area contributed by atoms with Gasteiger partial charge in [-0.15, -0.1) is 0 Å². The molecule has 3 aromatic rings. The minimum absolute atomic E-state index is 0.241. The summed E-state index contributed by atoms with van der Waals surface area (Å²) in [5, 5.41) is 0.640. The molecule has 29 heavy (non-hydrogen) atoms. The summed E-state index contributed by atoms with van der Waals surface area (Å²) in [6, 6.07) is 21.0. The second-order valence-corrected chi connectivity index (χ2v) is 7.17. The predicted octanol–water partition coefficient (Wildman–Crippen LogP) is 4.95. The summed E-state index contributed by atoms with van der Waals surface area (Å²) < 4.78 is 16.9. The Morgan fingerprint density at radius 1 is 1.03 bits per heavy atom. The van der Waals surface area contributed by atoms with Gasteiger partial charge in [0.05, 0.1) is 12.8 Å². The van der Waals surface area contributed by atoms with Crippen LogP contribution in [-0.4, -0.2) is 30.1 Å². The molecule has 0 bridgehead atoms. The number of carbonyl (C=O) groups is 1. The normalized spacial score (nSPS) is 12.0. The van der Waals surface area contributed by atoms with Gasteiger partial charge in [0.1, 0.15) is 24.2 Å². The molecule has 0 saturated heterocycles. The molecule has 0 N–H and O–H groups in total. The zero-order valence-electron chi connectivity index (χ0n) is 16.3. The average molecular weight is 414 g/mol. The number of esters is 1. The first-order valence-electron chi connectivity index (χ1n) is 9.43. The van der Waals surface area contributed by atoms with E-state index < -0.39 is 6.10 Å². The average Bonchev–Trinajstić information content (AvgIpc) is 3.21. The lowest BCUT2D eigenvalue weighted by molar-refractivity contribution is -0.149. The van der Waals surface area contributed by atoms with Gasteiger partial charge in [0.25, 0.3) is 0 Å². The van der Waals surface area contributed by atoms with Crippen LogP contribution in [0.5, 0.6) is 5.75 Å². The van der Waals surface area contributed by atoms with Crippen molar-refractivity contribution in [2.24, 2.45) is 0 Å². The summed E-state index contributed by atoms with van der Waals surface area (Å²) in [7, 11) is 0. The first-order chi connectivity index (χ1) is 14.1. The lowest BCUT2D eigenvalue weighted by Gasteiger charge is -2.27. The Morgan fingerprint density at radius 3 is 2.45 bits per heavy atom. The van der Waals surface area contributed by atoms with Crippen LogP contribution in [0.4, 0.5) is 0 Å². The van der Waals surface area contributed by atoms with E-state index in [1.165, 1.54) is 12.5 Å². The molecule has 0 aliphatic rings. The third-order valence-electron chi connectivity index (χ3n) is 4.25. The minimum Gasteiger partial charge on any atom is -0.490 e. The Kier molecular flexibility index (Phi) is 7.73. The van der Waals surface area contributed by atoms with Crippen molar-refractivity contribution < 1.29 is 18.7 Å². The zero-order valence-corrected chi connectivity index (χ0v) is 17.0. The molecule has 0 spiro atoms. The van der Waals surface area contributed by atoms with Crippen molar-refractivity contribution in [1.82, 2.24) is 4.90 Å². The number of carbonyl (C=O) groups excluding carboxylic acids is 1. The van der Waals surface area contributed by atoms with Crippen LogP contribution in [0, 0.1) is 0 Å². The molecular formula is C23H24ClNO4. The molecule has 3 rings (SSSR count). The van der Waals surface area contributed by atoms with E-state index in [9.17, 15) is 4.79 Å². The molecule has 1 atom stereocenters. The van der Waals surface area contributed by atoms with Crippen molar-refractivity contribution in [3.05, 3.63) is 89.3 Å². The van der Waals surface area contributed by atoms with Gasteiger partial charge in [-0.05, 0) is 42.0 Å². The summed E-state index contributed by atoms with van der Waals surface area (Å²) >= 11 is 5.92. The quantitative estimate of drug-likeness (QED) is 0.440. The number of rotatable bonds is 10. The van der Waals surface area contributed by atoms with E-state index in [0.29, 0.717) is 30.4 Å². The van der Waals surface area contributed by atoms with Crippen molar-refractivity contribution in [2.45, 2.75) is 26.1 Å². The van der Waals surface area contributed by atoms with E-state index in [-0.39, 0.29) is 12.6 Å². The van der Waals surface area contributed by atoms with Crippen LogP contribution in [0.2, 0.25) is 5.02 Å². The molecule has 0 saturated carbocycles. The van der Waals surface area contributed by atoms with E-state index in [4.69, 9.17) is 25.5 Å². The number of furan rings is 1. The van der Waals surface area contributed by atoms with Crippen LogP contribution in [0.3, 0.4) is 0 Å². The topological polar surface area (TPSA) is 51.9 Å². The van der Waals surface area contributed by atoms with Crippen LogP contribution >= 0.6 is 11.6 Å². The number of hydrogen-bond acceptors (Lipinski definition) is 5. The van der Waals surface area contributed by atoms with Gasteiger partial charge in [0.2, 0.25) is 0 Å². The fraction of sp³-hybridized carbons (Fsp3) is 0.261. The smallest absolute Gasteiger partial charge is 0.303 e. The lowest BCUT2D eigenvalue weighted by atomic mass is 10.2. The first-order valence-corrected chi connectivity index (χ1v) is 9.80. The molecule has 5 nitrogen and oxygen atoms in total. The van der Waals surface area contributed by atoms with Gasteiger partial charge in [0.15, 0.2) is 0 Å². The van der Waals surface area contributed by atoms with Gasteiger partial charge >= 0.3 is 5.97 Å². The molecule has 0 radical (unpaired) electrons. The number of halogens is 1. The van der Waals surface area contributed by atoms with Gasteiger partial charge in [-0.2, -0.15) is 0 Å². The van der Waals surface area contributed by atoms with Gasteiger partial charge in [-0.1, -0.05) is 41.9 Å². The number of ether oxygens (including phenoxy) is 2. The first kappa shape index (κ1) is 21.0. The van der Waals surface area contributed by atoms with Crippen molar-refractivity contribution in [3.63, 3.8) is 0 Å². The molecule has 0 fully saturated rings. The van der Waals surface area contributed by atoms with E-state index in [1.807, 2.05) is 30.3 Å². The van der Waals surface area contributed by atoms with Crippen molar-refractivity contribution >= 4 is 17.6 Å². The molecule has 1 heterocycles. The Hall–Kier alpha value is -2.76. The highest BCUT2D eigenvalue weighted by molar-refractivity contribution is 6.30. The van der Waals surface area contributed by atoms with Crippen LogP contribution in [0.25, 0.3) is 0 Å². The molecule has 0 aliphatic heterocycles. The highest BCUT2D eigenvalue weighted by atomic mass is 35.5. The summed E-state index contributed by atoms with van der Waals surface area (Å²) in [6.45, 7) is 3.44. The number of hydrogen-bond donors (Lipinski definition) is 0. The highest BCUT2D eigenvalue weighted by Gasteiger charge is 2.19. The van der Waals surface area contributed by atoms with Crippen LogP contribution in [-0.2, 0) is 22.6 Å². The largest absolute Gasteiger partial charge is 0.490 e. The summed E-state index contributed by atoms with van der Waals surface area (Å²) in [5.74, 6) is 1.18. The molecule has 0 aliphatic carbocycles. The Labute approximate surface area is 175 Å². The fourth-order valence-electron chi connectivity index (χ4n) is 3.02.